The molecule has 0 saturated carbocycles. The van der Waals surface area contributed by atoms with Gasteiger partial charge in [0.2, 0.25) is 0 Å². The molecule has 5 heteroatoms. The second-order valence-corrected chi connectivity index (χ2v) is 6.78. The van der Waals surface area contributed by atoms with Crippen molar-refractivity contribution in [3.05, 3.63) is 71.7 Å². The van der Waals surface area contributed by atoms with Crippen LogP contribution in [0.1, 0.15) is 22.8 Å². The Hall–Kier alpha value is -2.40. The molecule has 0 aliphatic rings. The molecule has 122 valence electrons. The molecule has 3 rings (SSSR count). The average Bonchev–Trinajstić information content (AvgIpc) is 3.04. The molecule has 0 spiro atoms. The number of hydrogen-bond donors (Lipinski definition) is 0. The van der Waals surface area contributed by atoms with Crippen LogP contribution in [0.4, 0.5) is 4.39 Å². The van der Waals surface area contributed by atoms with E-state index < -0.39 is 0 Å². The van der Waals surface area contributed by atoms with Gasteiger partial charge in [-0.05, 0) is 38.1 Å². The fraction of sp³-hybridized carbons (Fsp3) is 0.158. The van der Waals surface area contributed by atoms with E-state index in [-0.39, 0.29) is 16.9 Å². The third-order valence-corrected chi connectivity index (χ3v) is 4.55. The first-order chi connectivity index (χ1) is 11.5. The summed E-state index contributed by atoms with van der Waals surface area (Å²) in [6.45, 7) is 3.81. The smallest absolute Gasteiger partial charge is 0.256 e. The van der Waals surface area contributed by atoms with E-state index in [1.807, 2.05) is 38.1 Å². The number of nitrogens with zero attached hydrogens (tertiary/aromatic N) is 1. The maximum atomic E-state index is 13.0. The van der Waals surface area contributed by atoms with Crippen molar-refractivity contribution in [2.75, 3.05) is 0 Å². The van der Waals surface area contributed by atoms with Crippen molar-refractivity contribution >= 4 is 17.5 Å². The summed E-state index contributed by atoms with van der Waals surface area (Å²) in [4.78, 5) is 16.6. The summed E-state index contributed by atoms with van der Waals surface area (Å²) in [5, 5.41) is 0.106. The normalized spacial score (nSPS) is 12.1. The van der Waals surface area contributed by atoms with Crippen LogP contribution in [0.25, 0.3) is 11.3 Å². The molecule has 1 atom stereocenters. The van der Waals surface area contributed by atoms with Crippen molar-refractivity contribution in [2.24, 2.45) is 0 Å². The van der Waals surface area contributed by atoms with Gasteiger partial charge in [0.1, 0.15) is 5.82 Å². The Balaban J connectivity index is 1.70. The van der Waals surface area contributed by atoms with E-state index in [4.69, 9.17) is 4.42 Å². The largest absolute Gasteiger partial charge is 0.431 e. The number of benzene rings is 2. The molecule has 3 nitrogen and oxygen atoms in total. The lowest BCUT2D eigenvalue weighted by atomic mass is 10.1. The molecule has 24 heavy (non-hydrogen) atoms. The third-order valence-electron chi connectivity index (χ3n) is 3.60. The van der Waals surface area contributed by atoms with Crippen LogP contribution in [0.3, 0.4) is 0 Å². The zero-order valence-electron chi connectivity index (χ0n) is 13.3. The van der Waals surface area contributed by atoms with Crippen LogP contribution in [0, 0.1) is 12.7 Å². The standard InChI is InChI=1S/C19H16FNO2S/c1-12-3-5-15(6-4-12)18(22)13(2)24-19-21-11-17(23-19)14-7-9-16(20)10-8-14/h3-11,13H,1-2H3/t13-/m0/s1. The van der Waals surface area contributed by atoms with Gasteiger partial charge in [-0.3, -0.25) is 4.79 Å². The molecule has 0 aliphatic heterocycles. The molecule has 0 unspecified atom stereocenters. The molecule has 1 heterocycles. The van der Waals surface area contributed by atoms with Crippen molar-refractivity contribution in [1.82, 2.24) is 4.98 Å². The fourth-order valence-electron chi connectivity index (χ4n) is 2.22. The minimum atomic E-state index is -0.313. The lowest BCUT2D eigenvalue weighted by Gasteiger charge is -2.07. The fourth-order valence-corrected chi connectivity index (χ4v) is 3.01. The monoisotopic (exact) mass is 341 g/mol. The quantitative estimate of drug-likeness (QED) is 0.475. The Kier molecular flexibility index (Phi) is 4.81. The Bertz CT molecular complexity index is 841. The van der Waals surface area contributed by atoms with Gasteiger partial charge < -0.3 is 4.42 Å². The lowest BCUT2D eigenvalue weighted by molar-refractivity contribution is 0.0993. The van der Waals surface area contributed by atoms with E-state index in [1.54, 1.807) is 18.3 Å². The molecule has 0 saturated heterocycles. The molecule has 0 aliphatic carbocycles. The molecule has 0 fully saturated rings. The van der Waals surface area contributed by atoms with Crippen LogP contribution in [0.5, 0.6) is 0 Å². The van der Waals surface area contributed by atoms with Crippen LogP contribution in [-0.2, 0) is 0 Å². The topological polar surface area (TPSA) is 43.1 Å². The van der Waals surface area contributed by atoms with E-state index in [0.717, 1.165) is 11.1 Å². The van der Waals surface area contributed by atoms with Gasteiger partial charge in [0.15, 0.2) is 11.5 Å². The number of aromatic nitrogens is 1. The molecule has 3 aromatic rings. The van der Waals surface area contributed by atoms with Gasteiger partial charge in [0, 0.05) is 11.1 Å². The zero-order chi connectivity index (χ0) is 17.1. The molecule has 0 N–H and O–H groups in total. The molecular weight excluding hydrogens is 325 g/mol. The third kappa shape index (κ3) is 3.74. The lowest BCUT2D eigenvalue weighted by Crippen LogP contribution is -2.13. The number of carbonyl (C=O) groups excluding carboxylic acids is 1. The Labute approximate surface area is 143 Å². The summed E-state index contributed by atoms with van der Waals surface area (Å²) in [7, 11) is 0. The highest BCUT2D eigenvalue weighted by Crippen LogP contribution is 2.29. The maximum Gasteiger partial charge on any atom is 0.256 e. The van der Waals surface area contributed by atoms with E-state index in [9.17, 15) is 9.18 Å². The average molecular weight is 341 g/mol. The first-order valence-corrected chi connectivity index (χ1v) is 8.40. The summed E-state index contributed by atoms with van der Waals surface area (Å²) in [6.07, 6.45) is 1.58. The molecular formula is C19H16FNO2S. The Morgan fingerprint density at radius 3 is 2.46 bits per heavy atom. The highest BCUT2D eigenvalue weighted by atomic mass is 32.2. The van der Waals surface area contributed by atoms with E-state index in [0.29, 0.717) is 16.5 Å². The summed E-state index contributed by atoms with van der Waals surface area (Å²) in [5.41, 5.74) is 2.53. The van der Waals surface area contributed by atoms with Crippen LogP contribution in [0.15, 0.2) is 64.4 Å². The Morgan fingerprint density at radius 2 is 1.79 bits per heavy atom. The highest BCUT2D eigenvalue weighted by molar-refractivity contribution is 8.00. The van der Waals surface area contributed by atoms with Crippen LogP contribution < -0.4 is 0 Å². The van der Waals surface area contributed by atoms with Crippen molar-refractivity contribution in [3.8, 4) is 11.3 Å². The van der Waals surface area contributed by atoms with Crippen molar-refractivity contribution in [1.29, 1.82) is 0 Å². The minimum Gasteiger partial charge on any atom is -0.431 e. The van der Waals surface area contributed by atoms with Gasteiger partial charge in [-0.1, -0.05) is 41.6 Å². The van der Waals surface area contributed by atoms with Gasteiger partial charge in [0.05, 0.1) is 11.4 Å². The highest BCUT2D eigenvalue weighted by Gasteiger charge is 2.19. The van der Waals surface area contributed by atoms with E-state index in [1.165, 1.54) is 23.9 Å². The van der Waals surface area contributed by atoms with Crippen LogP contribution >= 0.6 is 11.8 Å². The van der Waals surface area contributed by atoms with Crippen molar-refractivity contribution < 1.29 is 13.6 Å². The summed E-state index contributed by atoms with van der Waals surface area (Å²) < 4.78 is 18.6. The second kappa shape index (κ2) is 7.01. The number of aryl methyl sites for hydroxylation is 1. The van der Waals surface area contributed by atoms with Crippen LogP contribution in [0.2, 0.25) is 0 Å². The van der Waals surface area contributed by atoms with Gasteiger partial charge in [-0.15, -0.1) is 0 Å². The molecule has 0 radical (unpaired) electrons. The Morgan fingerprint density at radius 1 is 1.12 bits per heavy atom. The number of carbonyl (C=O) groups is 1. The number of thioether (sulfide) groups is 1. The van der Waals surface area contributed by atoms with E-state index in [2.05, 4.69) is 4.98 Å². The molecule has 0 amide bonds. The van der Waals surface area contributed by atoms with Gasteiger partial charge >= 0.3 is 0 Å². The first-order valence-electron chi connectivity index (χ1n) is 7.52. The van der Waals surface area contributed by atoms with Gasteiger partial charge in [-0.2, -0.15) is 0 Å². The van der Waals surface area contributed by atoms with Gasteiger partial charge in [-0.25, -0.2) is 9.37 Å². The van der Waals surface area contributed by atoms with Gasteiger partial charge in [0.25, 0.3) is 5.22 Å². The SMILES string of the molecule is Cc1ccc(C(=O)[C@H](C)Sc2ncc(-c3ccc(F)cc3)o2)cc1. The van der Waals surface area contributed by atoms with Crippen molar-refractivity contribution in [2.45, 2.75) is 24.3 Å². The number of hydrogen-bond acceptors (Lipinski definition) is 4. The summed E-state index contributed by atoms with van der Waals surface area (Å²) in [6, 6.07) is 13.5. The predicted octanol–water partition coefficient (Wildman–Crippen LogP) is 5.15. The number of Topliss-reactive ketones (excluding diaryl/α,β-unsaturated/α-hetero) is 1. The number of oxazole rings is 1. The predicted molar refractivity (Wildman–Crippen MR) is 92.7 cm³/mol. The molecule has 0 bridgehead atoms. The molecule has 1 aromatic heterocycles. The summed E-state index contributed by atoms with van der Waals surface area (Å²) >= 11 is 1.27. The van der Waals surface area contributed by atoms with E-state index >= 15 is 0 Å². The van der Waals surface area contributed by atoms with Crippen LogP contribution in [-0.4, -0.2) is 16.0 Å². The summed E-state index contributed by atoms with van der Waals surface area (Å²) in [5.74, 6) is 0.277. The number of halogens is 1. The number of rotatable bonds is 5. The minimum absolute atomic E-state index is 0.0292. The molecule has 2 aromatic carbocycles. The second-order valence-electron chi connectivity index (χ2n) is 5.49. The van der Waals surface area contributed by atoms with Crippen molar-refractivity contribution in [3.63, 3.8) is 0 Å². The maximum absolute atomic E-state index is 13.0. The zero-order valence-corrected chi connectivity index (χ0v) is 14.1. The number of ketones is 1. The first kappa shape index (κ1) is 16.5.